The van der Waals surface area contributed by atoms with E-state index < -0.39 is 6.10 Å². The second-order valence-electron chi connectivity index (χ2n) is 5.52. The summed E-state index contributed by atoms with van der Waals surface area (Å²) < 4.78 is 0. The molecule has 0 bridgehead atoms. The van der Waals surface area contributed by atoms with Gasteiger partial charge in [0.15, 0.2) is 0 Å². The second kappa shape index (κ2) is 6.63. The van der Waals surface area contributed by atoms with E-state index in [0.717, 1.165) is 11.9 Å². The van der Waals surface area contributed by atoms with Crippen molar-refractivity contribution < 1.29 is 9.90 Å². The summed E-state index contributed by atoms with van der Waals surface area (Å²) in [5.41, 5.74) is 3.57. The maximum absolute atomic E-state index is 11.8. The second-order valence-corrected chi connectivity index (χ2v) is 5.52. The molecule has 3 N–H and O–H groups in total. The first-order valence-electron chi connectivity index (χ1n) is 7.21. The highest BCUT2D eigenvalue weighted by atomic mass is 16.3. The number of nitrogens with zero attached hydrogens (tertiary/aromatic N) is 1. The molecular weight excluding hydrogens is 266 g/mol. The minimum Gasteiger partial charge on any atom is -0.392 e. The van der Waals surface area contributed by atoms with Crippen LogP contribution in [-0.4, -0.2) is 47.3 Å². The van der Waals surface area contributed by atoms with E-state index in [1.807, 2.05) is 12.3 Å². The predicted octanol–water partition coefficient (Wildman–Crippen LogP) is 2.04. The molecule has 5 nitrogen and oxygen atoms in total. The van der Waals surface area contributed by atoms with Crippen LogP contribution in [0, 0.1) is 6.92 Å². The monoisotopic (exact) mass is 289 g/mol. The predicted molar refractivity (Wildman–Crippen MR) is 84.4 cm³/mol. The van der Waals surface area contributed by atoms with Gasteiger partial charge >= 0.3 is 6.03 Å². The number of H-pyrrole nitrogens is 1. The van der Waals surface area contributed by atoms with Crippen molar-refractivity contribution in [3.8, 4) is 0 Å². The Balaban J connectivity index is 1.92. The van der Waals surface area contributed by atoms with E-state index in [0.29, 0.717) is 13.1 Å². The number of amides is 2. The lowest BCUT2D eigenvalue weighted by Gasteiger charge is -2.19. The van der Waals surface area contributed by atoms with Crippen molar-refractivity contribution in [3.63, 3.8) is 0 Å². The van der Waals surface area contributed by atoms with Crippen molar-refractivity contribution in [3.05, 3.63) is 35.5 Å². The number of carbonyl (C=O) groups is 1. The van der Waals surface area contributed by atoms with Crippen LogP contribution in [0.2, 0.25) is 0 Å². The van der Waals surface area contributed by atoms with Crippen LogP contribution in [0.4, 0.5) is 4.79 Å². The number of rotatable bonds is 5. The van der Waals surface area contributed by atoms with Crippen LogP contribution in [0.15, 0.2) is 24.4 Å². The largest absolute Gasteiger partial charge is 0.392 e. The number of urea groups is 1. The van der Waals surface area contributed by atoms with E-state index in [1.165, 1.54) is 21.4 Å². The Labute approximate surface area is 125 Å². The summed E-state index contributed by atoms with van der Waals surface area (Å²) in [6.45, 7) is 4.66. The van der Waals surface area contributed by atoms with E-state index in [1.54, 1.807) is 14.0 Å². The van der Waals surface area contributed by atoms with Crippen LogP contribution in [0.1, 0.15) is 18.1 Å². The summed E-state index contributed by atoms with van der Waals surface area (Å²) in [6.07, 6.45) is 2.26. The zero-order chi connectivity index (χ0) is 15.4. The van der Waals surface area contributed by atoms with Crippen LogP contribution < -0.4 is 5.32 Å². The van der Waals surface area contributed by atoms with Gasteiger partial charge in [-0.2, -0.15) is 0 Å². The van der Waals surface area contributed by atoms with Crippen molar-refractivity contribution in [2.75, 3.05) is 20.1 Å². The Morgan fingerprint density at radius 3 is 2.95 bits per heavy atom. The molecule has 0 fully saturated rings. The fourth-order valence-corrected chi connectivity index (χ4v) is 2.57. The highest BCUT2D eigenvalue weighted by Gasteiger charge is 2.11. The van der Waals surface area contributed by atoms with Gasteiger partial charge in [-0.15, -0.1) is 0 Å². The molecule has 2 amide bonds. The number of benzene rings is 1. The Morgan fingerprint density at radius 1 is 1.48 bits per heavy atom. The van der Waals surface area contributed by atoms with Gasteiger partial charge in [-0.05, 0) is 37.5 Å². The van der Waals surface area contributed by atoms with E-state index in [2.05, 4.69) is 29.4 Å². The summed E-state index contributed by atoms with van der Waals surface area (Å²) in [7, 11) is 1.68. The molecule has 0 aliphatic heterocycles. The Morgan fingerprint density at radius 2 is 2.24 bits per heavy atom. The van der Waals surface area contributed by atoms with Gasteiger partial charge in [0.05, 0.1) is 6.10 Å². The van der Waals surface area contributed by atoms with E-state index in [-0.39, 0.29) is 6.03 Å². The molecule has 1 aromatic heterocycles. The lowest BCUT2D eigenvalue weighted by atomic mass is 10.1. The maximum atomic E-state index is 11.8. The third-order valence-electron chi connectivity index (χ3n) is 3.55. The van der Waals surface area contributed by atoms with E-state index >= 15 is 0 Å². The molecule has 0 saturated heterocycles. The SMILES string of the molecule is Cc1cccc2[nH]cc(CCNC(=O)N(C)CC(C)O)c12. The van der Waals surface area contributed by atoms with Crippen LogP contribution in [0.5, 0.6) is 0 Å². The molecule has 0 aliphatic carbocycles. The molecular formula is C16H23N3O2. The smallest absolute Gasteiger partial charge is 0.317 e. The number of hydrogen-bond acceptors (Lipinski definition) is 2. The van der Waals surface area contributed by atoms with Gasteiger partial charge in [-0.25, -0.2) is 4.79 Å². The average Bonchev–Trinajstić information content (AvgIpc) is 2.82. The Kier molecular flexibility index (Phi) is 4.85. The summed E-state index contributed by atoms with van der Waals surface area (Å²) >= 11 is 0. The van der Waals surface area contributed by atoms with Gasteiger partial charge in [0.2, 0.25) is 0 Å². The molecule has 1 atom stereocenters. The molecule has 5 heteroatoms. The Bertz CT molecular complexity index is 619. The molecule has 114 valence electrons. The minimum absolute atomic E-state index is 0.160. The summed E-state index contributed by atoms with van der Waals surface area (Å²) in [5, 5.41) is 13.4. The highest BCUT2D eigenvalue weighted by molar-refractivity contribution is 5.86. The number of aliphatic hydroxyl groups excluding tert-OH is 1. The van der Waals surface area contributed by atoms with Crippen molar-refractivity contribution in [1.29, 1.82) is 0 Å². The van der Waals surface area contributed by atoms with Gasteiger partial charge in [-0.3, -0.25) is 0 Å². The minimum atomic E-state index is -0.517. The quantitative estimate of drug-likeness (QED) is 0.788. The number of aryl methyl sites for hydroxylation is 1. The van der Waals surface area contributed by atoms with Gasteiger partial charge in [-0.1, -0.05) is 12.1 Å². The van der Waals surface area contributed by atoms with Crippen molar-refractivity contribution >= 4 is 16.9 Å². The molecule has 0 aliphatic rings. The van der Waals surface area contributed by atoms with E-state index in [4.69, 9.17) is 0 Å². The number of likely N-dealkylation sites (N-methyl/N-ethyl adjacent to an activating group) is 1. The number of aliphatic hydroxyl groups is 1. The van der Waals surface area contributed by atoms with Crippen LogP contribution in [-0.2, 0) is 6.42 Å². The van der Waals surface area contributed by atoms with Gasteiger partial charge in [0.25, 0.3) is 0 Å². The third-order valence-corrected chi connectivity index (χ3v) is 3.55. The summed E-state index contributed by atoms with van der Waals surface area (Å²) in [4.78, 5) is 16.6. The zero-order valence-corrected chi connectivity index (χ0v) is 12.8. The zero-order valence-electron chi connectivity index (χ0n) is 12.8. The number of fused-ring (bicyclic) bond motifs is 1. The molecule has 21 heavy (non-hydrogen) atoms. The lowest BCUT2D eigenvalue weighted by Crippen LogP contribution is -2.41. The first-order chi connectivity index (χ1) is 9.99. The van der Waals surface area contributed by atoms with Crippen LogP contribution in [0.25, 0.3) is 10.9 Å². The molecule has 0 radical (unpaired) electrons. The Hall–Kier alpha value is -2.01. The van der Waals surface area contributed by atoms with E-state index in [9.17, 15) is 9.90 Å². The number of hydrogen-bond donors (Lipinski definition) is 3. The van der Waals surface area contributed by atoms with Gasteiger partial charge in [0.1, 0.15) is 0 Å². The molecule has 2 aromatic rings. The normalized spacial score (nSPS) is 12.4. The van der Waals surface area contributed by atoms with Crippen LogP contribution in [0.3, 0.4) is 0 Å². The molecule has 1 heterocycles. The first-order valence-corrected chi connectivity index (χ1v) is 7.21. The fraction of sp³-hybridized carbons (Fsp3) is 0.438. The number of aromatic nitrogens is 1. The summed E-state index contributed by atoms with van der Waals surface area (Å²) in [5.74, 6) is 0. The summed E-state index contributed by atoms with van der Waals surface area (Å²) in [6, 6.07) is 6.02. The molecule has 1 unspecified atom stereocenters. The molecule has 0 saturated carbocycles. The highest BCUT2D eigenvalue weighted by Crippen LogP contribution is 2.22. The van der Waals surface area contributed by atoms with Crippen molar-refractivity contribution in [2.45, 2.75) is 26.4 Å². The number of nitrogens with one attached hydrogen (secondary N) is 2. The molecule has 0 spiro atoms. The maximum Gasteiger partial charge on any atom is 0.317 e. The standard InChI is InChI=1S/C16H23N3O2/c1-11-5-4-6-14-15(11)13(9-18-14)7-8-17-16(21)19(3)10-12(2)20/h4-6,9,12,18,20H,7-8,10H2,1-3H3,(H,17,21). The lowest BCUT2D eigenvalue weighted by molar-refractivity contribution is 0.144. The van der Waals surface area contributed by atoms with Crippen molar-refractivity contribution in [2.24, 2.45) is 0 Å². The first kappa shape index (κ1) is 15.4. The average molecular weight is 289 g/mol. The van der Waals surface area contributed by atoms with Gasteiger partial charge in [0, 0.05) is 37.2 Å². The fourth-order valence-electron chi connectivity index (χ4n) is 2.57. The number of carbonyl (C=O) groups excluding carboxylic acids is 1. The topological polar surface area (TPSA) is 68.4 Å². The van der Waals surface area contributed by atoms with Crippen LogP contribution >= 0.6 is 0 Å². The molecule has 2 rings (SSSR count). The third kappa shape index (κ3) is 3.76. The van der Waals surface area contributed by atoms with Gasteiger partial charge < -0.3 is 20.3 Å². The molecule has 1 aromatic carbocycles. The number of aromatic amines is 1. The van der Waals surface area contributed by atoms with Crippen molar-refractivity contribution in [1.82, 2.24) is 15.2 Å².